The lowest BCUT2D eigenvalue weighted by molar-refractivity contribution is -0.134. The molecule has 0 radical (unpaired) electrons. The van der Waals surface area contributed by atoms with Gasteiger partial charge in [-0.25, -0.2) is 23.7 Å². The van der Waals surface area contributed by atoms with Crippen LogP contribution in [-0.2, 0) is 29.3 Å². The number of amides is 3. The standard InChI is InChI=1S/C46H48F2N12O8S/c1-67-32-12-15-59(25-32)69(65,66)55-39-7-5-36(47)43(35(39)22-49)68-31-3-6-38-34(21-31)45(64)60(27-52-38)30-23-50-46(51-24-30)58-18-16-57(17-19-58)42(62)26-56-13-10-28(11-14-56)33-4-2-29(20-37(33)48)53-40-8-9-41(61)54-44(40)63/h2-7,20-21,23-24,27-28,32,40,53,55H,8-19,25-26H2,1H3,(H,54,61,63)/t32?,40-/m1/s1. The summed E-state index contributed by atoms with van der Waals surface area (Å²) in [6, 6.07) is 12.5. The minimum atomic E-state index is -4.12. The number of hydrogen-bond donors (Lipinski definition) is 3. The second kappa shape index (κ2) is 19.8. The van der Waals surface area contributed by atoms with E-state index in [0.29, 0.717) is 93.4 Å². The Morgan fingerprint density at radius 3 is 2.38 bits per heavy atom. The summed E-state index contributed by atoms with van der Waals surface area (Å²) in [6.07, 6.45) is 6.45. The van der Waals surface area contributed by atoms with E-state index in [0.717, 1.165) is 12.1 Å². The number of benzene rings is 3. The molecule has 4 aliphatic rings. The fourth-order valence-electron chi connectivity index (χ4n) is 9.06. The summed E-state index contributed by atoms with van der Waals surface area (Å²) < 4.78 is 72.6. The van der Waals surface area contributed by atoms with Gasteiger partial charge in [-0.3, -0.25) is 38.7 Å². The van der Waals surface area contributed by atoms with Gasteiger partial charge in [-0.05, 0) is 92.7 Å². The molecule has 20 nitrogen and oxygen atoms in total. The summed E-state index contributed by atoms with van der Waals surface area (Å²) in [7, 11) is -2.62. The highest BCUT2D eigenvalue weighted by atomic mass is 32.2. The van der Waals surface area contributed by atoms with E-state index >= 15 is 8.78 Å². The highest BCUT2D eigenvalue weighted by Crippen LogP contribution is 2.35. The van der Waals surface area contributed by atoms with Crippen molar-refractivity contribution < 1.29 is 41.1 Å². The van der Waals surface area contributed by atoms with Gasteiger partial charge in [-0.15, -0.1) is 0 Å². The maximum Gasteiger partial charge on any atom is 0.301 e. The molecule has 4 saturated heterocycles. The number of carbonyl (C=O) groups is 3. The molecule has 6 heterocycles. The summed E-state index contributed by atoms with van der Waals surface area (Å²) in [5, 5.41) is 15.4. The van der Waals surface area contributed by atoms with Gasteiger partial charge in [0.05, 0.1) is 47.3 Å². The number of ether oxygens (including phenoxy) is 2. The third-order valence-electron chi connectivity index (χ3n) is 13.0. The van der Waals surface area contributed by atoms with Gasteiger partial charge in [-0.1, -0.05) is 6.07 Å². The number of fused-ring (bicyclic) bond motifs is 1. The molecule has 0 bridgehead atoms. The van der Waals surface area contributed by atoms with Crippen molar-refractivity contribution in [3.8, 4) is 23.3 Å². The highest BCUT2D eigenvalue weighted by Gasteiger charge is 2.33. The van der Waals surface area contributed by atoms with Crippen molar-refractivity contribution in [2.45, 2.75) is 50.2 Å². The quantitative estimate of drug-likeness (QED) is 0.144. The average molecular weight is 967 g/mol. The number of nitrogens with one attached hydrogen (secondary N) is 3. The van der Waals surface area contributed by atoms with Crippen LogP contribution in [0.25, 0.3) is 16.6 Å². The molecule has 1 unspecified atom stereocenters. The van der Waals surface area contributed by atoms with Gasteiger partial charge in [0, 0.05) is 58.5 Å². The van der Waals surface area contributed by atoms with E-state index in [4.69, 9.17) is 9.47 Å². The van der Waals surface area contributed by atoms with E-state index < -0.39 is 44.8 Å². The first-order valence-corrected chi connectivity index (χ1v) is 23.9. The summed E-state index contributed by atoms with van der Waals surface area (Å²) in [4.78, 5) is 70.0. The van der Waals surface area contributed by atoms with Crippen LogP contribution in [0.3, 0.4) is 0 Å². The molecule has 23 heteroatoms. The Morgan fingerprint density at radius 1 is 0.913 bits per heavy atom. The second-order valence-corrected chi connectivity index (χ2v) is 18.9. The van der Waals surface area contributed by atoms with Crippen molar-refractivity contribution in [2.75, 3.05) is 81.0 Å². The summed E-state index contributed by atoms with van der Waals surface area (Å²) >= 11 is 0. The molecule has 360 valence electrons. The van der Waals surface area contributed by atoms with Gasteiger partial charge in [0.15, 0.2) is 11.6 Å². The van der Waals surface area contributed by atoms with Crippen LogP contribution < -0.4 is 30.6 Å². The number of hydrogen-bond acceptors (Lipinski definition) is 15. The molecule has 3 aromatic carbocycles. The van der Waals surface area contributed by atoms with E-state index in [2.05, 4.69) is 35.2 Å². The molecule has 69 heavy (non-hydrogen) atoms. The normalized spacial score (nSPS) is 19.6. The van der Waals surface area contributed by atoms with Crippen molar-refractivity contribution in [3.05, 3.63) is 100 Å². The molecule has 4 aliphatic heterocycles. The lowest BCUT2D eigenvalue weighted by Gasteiger charge is -2.37. The molecule has 0 spiro atoms. The number of rotatable bonds is 13. The lowest BCUT2D eigenvalue weighted by atomic mass is 9.89. The predicted octanol–water partition coefficient (Wildman–Crippen LogP) is 3.24. The number of piperidine rings is 2. The molecule has 0 saturated carbocycles. The molecule has 4 fully saturated rings. The van der Waals surface area contributed by atoms with Crippen LogP contribution in [0.4, 0.5) is 26.1 Å². The van der Waals surface area contributed by atoms with Gasteiger partial charge in [-0.2, -0.15) is 18.0 Å². The van der Waals surface area contributed by atoms with Crippen LogP contribution in [0, 0.1) is 23.0 Å². The molecule has 9 rings (SSSR count). The molecule has 0 aliphatic carbocycles. The zero-order chi connectivity index (χ0) is 48.4. The Bertz CT molecular complexity index is 3010. The third kappa shape index (κ3) is 10.2. The maximum absolute atomic E-state index is 15.3. The third-order valence-corrected chi connectivity index (χ3v) is 14.5. The van der Waals surface area contributed by atoms with Gasteiger partial charge < -0.3 is 24.6 Å². The van der Waals surface area contributed by atoms with Gasteiger partial charge in [0.1, 0.15) is 35.6 Å². The molecule has 3 N–H and O–H groups in total. The van der Waals surface area contributed by atoms with Crippen molar-refractivity contribution in [1.29, 1.82) is 5.26 Å². The van der Waals surface area contributed by atoms with Crippen molar-refractivity contribution >= 4 is 56.2 Å². The van der Waals surface area contributed by atoms with Crippen molar-refractivity contribution in [2.24, 2.45) is 0 Å². The molecule has 5 aromatic rings. The Labute approximate surface area is 395 Å². The average Bonchev–Trinajstić information content (AvgIpc) is 3.85. The van der Waals surface area contributed by atoms with E-state index in [1.54, 1.807) is 12.1 Å². The van der Waals surface area contributed by atoms with E-state index in [1.807, 2.05) is 15.9 Å². The van der Waals surface area contributed by atoms with E-state index in [9.17, 15) is 32.9 Å². The fraction of sp³-hybridized carbons (Fsp3) is 0.391. The summed E-state index contributed by atoms with van der Waals surface area (Å²) in [5.74, 6) is -2.16. The number of anilines is 3. The number of methoxy groups -OCH3 is 1. The second-order valence-electron chi connectivity index (χ2n) is 17.3. The molecule has 3 amide bonds. The van der Waals surface area contributed by atoms with Crippen molar-refractivity contribution in [1.82, 2.24) is 38.9 Å². The van der Waals surface area contributed by atoms with Crippen LogP contribution in [0.2, 0.25) is 0 Å². The summed E-state index contributed by atoms with van der Waals surface area (Å²) in [6.45, 7) is 3.72. The molecular formula is C46H48F2N12O8S. The Balaban J connectivity index is 0.781. The minimum Gasteiger partial charge on any atom is -0.453 e. The number of likely N-dealkylation sites (tertiary alicyclic amines) is 1. The Morgan fingerprint density at radius 2 is 1.68 bits per heavy atom. The van der Waals surface area contributed by atoms with Crippen LogP contribution in [0.15, 0.2) is 72.0 Å². The zero-order valence-corrected chi connectivity index (χ0v) is 38.3. The number of nitriles is 1. The number of piperazine rings is 1. The first kappa shape index (κ1) is 47.0. The van der Waals surface area contributed by atoms with Crippen molar-refractivity contribution in [3.63, 3.8) is 0 Å². The molecular weight excluding hydrogens is 919 g/mol. The summed E-state index contributed by atoms with van der Waals surface area (Å²) in [5.41, 5.74) is 0.603. The Kier molecular flexibility index (Phi) is 13.5. The smallest absolute Gasteiger partial charge is 0.301 e. The zero-order valence-electron chi connectivity index (χ0n) is 37.4. The van der Waals surface area contributed by atoms with Crippen LogP contribution in [-0.4, -0.2) is 138 Å². The number of halogens is 2. The van der Waals surface area contributed by atoms with Gasteiger partial charge in [0.25, 0.3) is 5.56 Å². The van der Waals surface area contributed by atoms with E-state index in [-0.39, 0.29) is 72.5 Å². The SMILES string of the molecule is COC1CCN(S(=O)(=O)Nc2ccc(F)c(Oc3ccc4ncn(-c5cnc(N6CCN(C(=O)CN7CCC(c8ccc(N[C@@H]9CCC(=O)NC9=O)cc8F)CC7)CC6)nc5)c(=O)c4c3)c2C#N)C1. The number of carbonyl (C=O) groups excluding carboxylic acids is 3. The Hall–Kier alpha value is -7.13. The lowest BCUT2D eigenvalue weighted by Crippen LogP contribution is -2.52. The first-order valence-electron chi connectivity index (χ1n) is 22.5. The highest BCUT2D eigenvalue weighted by molar-refractivity contribution is 7.90. The maximum atomic E-state index is 15.3. The first-order chi connectivity index (χ1) is 33.3. The largest absolute Gasteiger partial charge is 0.453 e. The predicted molar refractivity (Wildman–Crippen MR) is 247 cm³/mol. The van der Waals surface area contributed by atoms with Gasteiger partial charge >= 0.3 is 10.2 Å². The molecule has 2 aromatic heterocycles. The van der Waals surface area contributed by atoms with Crippen LogP contribution >= 0.6 is 0 Å². The van der Waals surface area contributed by atoms with Crippen LogP contribution in [0.1, 0.15) is 49.1 Å². The number of nitrogens with zero attached hydrogens (tertiary/aromatic N) is 9. The van der Waals surface area contributed by atoms with Gasteiger partial charge in [0.2, 0.25) is 23.7 Å². The topological polar surface area (TPSA) is 237 Å². The fourth-order valence-corrected chi connectivity index (χ4v) is 10.3. The number of imide groups is 1. The number of aromatic nitrogens is 4. The van der Waals surface area contributed by atoms with Crippen LogP contribution in [0.5, 0.6) is 11.5 Å². The van der Waals surface area contributed by atoms with E-state index in [1.165, 1.54) is 59.0 Å². The molecule has 2 atom stereocenters. The minimum absolute atomic E-state index is 0.00187. The monoisotopic (exact) mass is 966 g/mol.